The normalized spacial score (nSPS) is 11.9. The second kappa shape index (κ2) is 12.4. The second-order valence-electron chi connectivity index (χ2n) is 14.8. The first-order valence-corrected chi connectivity index (χ1v) is 19.1. The lowest BCUT2D eigenvalue weighted by Crippen LogP contribution is -2.13. The van der Waals surface area contributed by atoms with Crippen LogP contribution in [0.15, 0.2) is 181 Å². The van der Waals surface area contributed by atoms with Crippen LogP contribution in [0.2, 0.25) is 0 Å². The van der Waals surface area contributed by atoms with Gasteiger partial charge in [-0.1, -0.05) is 122 Å². The Kier molecular flexibility index (Phi) is 7.10. The van der Waals surface area contributed by atoms with Crippen molar-refractivity contribution in [1.29, 1.82) is 0 Å². The smallest absolute Gasteiger partial charge is 0.263 e. The first-order valence-electron chi connectivity index (χ1n) is 19.1. The highest BCUT2D eigenvalue weighted by Gasteiger charge is 2.22. The summed E-state index contributed by atoms with van der Waals surface area (Å²) in [7, 11) is 0. The maximum atomic E-state index is 14.0. The van der Waals surface area contributed by atoms with E-state index in [1.165, 1.54) is 32.9 Å². The van der Waals surface area contributed by atoms with Crippen LogP contribution < -0.4 is 5.56 Å². The Morgan fingerprint density at radius 1 is 0.571 bits per heavy atom. The predicted octanol–water partition coefficient (Wildman–Crippen LogP) is 12.6. The molecule has 11 rings (SSSR count). The summed E-state index contributed by atoms with van der Waals surface area (Å²) in [4.78, 5) is 19.2. The van der Waals surface area contributed by atoms with Crippen molar-refractivity contribution < 1.29 is 0 Å². The quantitative estimate of drug-likeness (QED) is 0.161. The van der Waals surface area contributed by atoms with Crippen molar-refractivity contribution in [1.82, 2.24) is 14.0 Å². The minimum absolute atomic E-state index is 0.00415. The molecule has 0 atom stereocenters. The lowest BCUT2D eigenvalue weighted by atomic mass is 9.88. The van der Waals surface area contributed by atoms with Crippen LogP contribution in [0.25, 0.3) is 93.3 Å². The highest BCUT2D eigenvalue weighted by Crippen LogP contribution is 2.41. The van der Waals surface area contributed by atoms with Gasteiger partial charge in [-0.3, -0.25) is 14.2 Å². The van der Waals surface area contributed by atoms with Crippen LogP contribution >= 0.6 is 0 Å². The van der Waals surface area contributed by atoms with E-state index in [2.05, 4.69) is 133 Å². The van der Waals surface area contributed by atoms with Gasteiger partial charge in [-0.2, -0.15) is 0 Å². The van der Waals surface area contributed by atoms with E-state index in [9.17, 15) is 4.79 Å². The van der Waals surface area contributed by atoms with Gasteiger partial charge in [0.25, 0.3) is 5.56 Å². The maximum absolute atomic E-state index is 14.0. The minimum Gasteiger partial charge on any atom is -0.309 e. The number of para-hydroxylation sites is 3. The third kappa shape index (κ3) is 4.72. The molecule has 4 heterocycles. The fraction of sp³-hybridized carbons (Fsp3) is 0.0385. The summed E-state index contributed by atoms with van der Waals surface area (Å²) in [6.07, 6.45) is 2.48. The molecular weight excluding hydrogens is 683 g/mol. The molecular formula is C52H35N3O. The van der Waals surface area contributed by atoms with E-state index in [-0.39, 0.29) is 5.56 Å². The molecule has 0 N–H and O–H groups in total. The third-order valence-corrected chi connectivity index (χ3v) is 11.7. The lowest BCUT2D eigenvalue weighted by molar-refractivity contribution is 1.15. The fourth-order valence-corrected chi connectivity index (χ4v) is 9.06. The summed E-state index contributed by atoms with van der Waals surface area (Å²) in [5, 5.41) is 7.10. The third-order valence-electron chi connectivity index (χ3n) is 11.7. The molecule has 264 valence electrons. The van der Waals surface area contributed by atoms with Gasteiger partial charge in [0.2, 0.25) is 0 Å². The molecule has 0 fully saturated rings. The van der Waals surface area contributed by atoms with Crippen LogP contribution in [0.4, 0.5) is 0 Å². The Bertz CT molecular complexity index is 3440. The van der Waals surface area contributed by atoms with E-state index in [0.29, 0.717) is 11.8 Å². The van der Waals surface area contributed by atoms with Gasteiger partial charge >= 0.3 is 0 Å². The number of hydrogen-bond donors (Lipinski definition) is 0. The largest absolute Gasteiger partial charge is 0.309 e. The van der Waals surface area contributed by atoms with Gasteiger partial charge in [0.1, 0.15) is 0 Å². The highest BCUT2D eigenvalue weighted by atomic mass is 16.1. The Morgan fingerprint density at radius 3 is 2.04 bits per heavy atom. The Balaban J connectivity index is 1.07. The minimum atomic E-state index is -0.00415. The molecule has 0 amide bonds. The number of rotatable bonds is 6. The molecule has 0 aliphatic heterocycles. The van der Waals surface area contributed by atoms with E-state index in [4.69, 9.17) is 11.6 Å². The zero-order valence-electron chi connectivity index (χ0n) is 30.8. The van der Waals surface area contributed by atoms with Crippen LogP contribution in [-0.2, 0) is 6.42 Å². The first-order chi connectivity index (χ1) is 27.5. The first kappa shape index (κ1) is 32.2. The number of nitrogens with zero attached hydrogens (tertiary/aromatic N) is 3. The topological polar surface area (TPSA) is 39.3 Å². The molecule has 4 nitrogen and oxygen atoms in total. The number of aromatic nitrogens is 3. The van der Waals surface area contributed by atoms with E-state index in [1.807, 2.05) is 53.1 Å². The Labute approximate surface area is 323 Å². The van der Waals surface area contributed by atoms with E-state index in [0.717, 1.165) is 71.8 Å². The molecule has 4 aromatic heterocycles. The van der Waals surface area contributed by atoms with Gasteiger partial charge in [-0.15, -0.1) is 0 Å². The standard InChI is InChI=1S/C52H35N3O/c1-32-14-6-7-17-37(32)43-29-34(35-25-27-49-44(30-35)40-19-10-12-22-47(40)54(49)36-15-4-3-5-16-36)24-26-38(43)33(2)28-46-50-42-21-11-13-23-48(42)55-51(50)45(31-53-46)39-18-8-9-20-41(39)52(55)56/h3-27,29-31H,2,28H2,1H3. The van der Waals surface area contributed by atoms with Gasteiger partial charge in [0.05, 0.1) is 27.8 Å². The summed E-state index contributed by atoms with van der Waals surface area (Å²) in [5.74, 6) is 0. The second-order valence-corrected chi connectivity index (χ2v) is 14.8. The SMILES string of the molecule is C=C(Cc1ncc2c3ccccc3c(=O)n3c4ccccc4c1c23)c1ccc(-c2ccc3c(c2)c2ccccc2n3-c2ccccc2)cc1-c1ccccc1C. The molecule has 11 aromatic rings. The van der Waals surface area contributed by atoms with Crippen molar-refractivity contribution in [3.63, 3.8) is 0 Å². The fourth-order valence-electron chi connectivity index (χ4n) is 9.06. The zero-order chi connectivity index (χ0) is 37.5. The average molecular weight is 718 g/mol. The number of fused-ring (bicyclic) bond motifs is 8. The van der Waals surface area contributed by atoms with E-state index < -0.39 is 0 Å². The monoisotopic (exact) mass is 717 g/mol. The number of aryl methyl sites for hydroxylation is 1. The summed E-state index contributed by atoms with van der Waals surface area (Å²) in [5.41, 5.74) is 14.1. The Morgan fingerprint density at radius 2 is 1.21 bits per heavy atom. The molecule has 0 unspecified atom stereocenters. The van der Waals surface area contributed by atoms with Gasteiger partial charge < -0.3 is 4.57 Å². The molecule has 0 saturated carbocycles. The number of pyridine rings is 2. The van der Waals surface area contributed by atoms with E-state index in [1.54, 1.807) is 0 Å². The maximum Gasteiger partial charge on any atom is 0.263 e. The summed E-state index contributed by atoms with van der Waals surface area (Å²) >= 11 is 0. The number of hydrogen-bond acceptors (Lipinski definition) is 2. The molecule has 7 aromatic carbocycles. The van der Waals surface area contributed by atoms with Crippen LogP contribution in [0.3, 0.4) is 0 Å². The van der Waals surface area contributed by atoms with E-state index >= 15 is 0 Å². The van der Waals surface area contributed by atoms with Crippen molar-refractivity contribution in [3.05, 3.63) is 204 Å². The van der Waals surface area contributed by atoms with Gasteiger partial charge in [-0.25, -0.2) is 0 Å². The van der Waals surface area contributed by atoms with Crippen molar-refractivity contribution in [2.45, 2.75) is 13.3 Å². The predicted molar refractivity (Wildman–Crippen MR) is 234 cm³/mol. The van der Waals surface area contributed by atoms with Crippen LogP contribution in [0, 0.1) is 6.92 Å². The molecule has 0 spiro atoms. The van der Waals surface area contributed by atoms with Crippen molar-refractivity contribution in [3.8, 4) is 27.9 Å². The zero-order valence-corrected chi connectivity index (χ0v) is 30.8. The molecule has 0 radical (unpaired) electrons. The van der Waals surface area contributed by atoms with Crippen LogP contribution in [0.1, 0.15) is 16.8 Å². The molecule has 56 heavy (non-hydrogen) atoms. The Hall–Kier alpha value is -7.30. The van der Waals surface area contributed by atoms with Crippen LogP contribution in [-0.4, -0.2) is 14.0 Å². The number of allylic oxidation sites excluding steroid dienone is 1. The molecule has 0 saturated heterocycles. The molecule has 4 heteroatoms. The van der Waals surface area contributed by atoms with Gasteiger partial charge in [0.15, 0.2) is 0 Å². The van der Waals surface area contributed by atoms with Gasteiger partial charge in [0, 0.05) is 50.6 Å². The summed E-state index contributed by atoms with van der Waals surface area (Å²) in [6, 6.07) is 57.5. The van der Waals surface area contributed by atoms with Gasteiger partial charge in [-0.05, 0) is 99.8 Å². The lowest BCUT2D eigenvalue weighted by Gasteiger charge is -2.17. The average Bonchev–Trinajstić information content (AvgIpc) is 3.77. The highest BCUT2D eigenvalue weighted by molar-refractivity contribution is 6.21. The summed E-state index contributed by atoms with van der Waals surface area (Å²) < 4.78 is 4.24. The van der Waals surface area contributed by atoms with Crippen molar-refractivity contribution in [2.24, 2.45) is 0 Å². The van der Waals surface area contributed by atoms with Crippen LogP contribution in [0.5, 0.6) is 0 Å². The number of benzene rings is 7. The van der Waals surface area contributed by atoms with Crippen molar-refractivity contribution in [2.75, 3.05) is 0 Å². The molecule has 0 aliphatic carbocycles. The molecule has 0 aliphatic rings. The summed E-state index contributed by atoms with van der Waals surface area (Å²) in [6.45, 7) is 6.90. The van der Waals surface area contributed by atoms with Crippen molar-refractivity contribution >= 4 is 65.3 Å². The molecule has 0 bridgehead atoms.